The number of methoxy groups -OCH3 is 1. The summed E-state index contributed by atoms with van der Waals surface area (Å²) in [4.78, 5) is 0. The van der Waals surface area contributed by atoms with Crippen LogP contribution in [0.15, 0.2) is 42.5 Å². The Balaban J connectivity index is 2.20. The third kappa shape index (κ3) is 3.66. The Morgan fingerprint density at radius 2 is 1.90 bits per heavy atom. The fourth-order valence-corrected chi connectivity index (χ4v) is 2.20. The number of para-hydroxylation sites is 1. The van der Waals surface area contributed by atoms with E-state index in [0.29, 0.717) is 6.61 Å². The molecule has 112 valence electrons. The fraction of sp³-hybridized carbons (Fsp3) is 0.294. The number of hydrogen-bond acceptors (Lipinski definition) is 3. The second-order valence-electron chi connectivity index (χ2n) is 4.69. The first-order valence-electron chi connectivity index (χ1n) is 6.97. The van der Waals surface area contributed by atoms with Gasteiger partial charge in [-0.3, -0.25) is 0 Å². The molecule has 0 fully saturated rings. The molecule has 3 nitrogen and oxygen atoms in total. The molecule has 4 heteroatoms. The monoisotopic (exact) mass is 289 g/mol. The Hall–Kier alpha value is -2.23. The largest absolute Gasteiger partial charge is 0.494 e. The van der Waals surface area contributed by atoms with Gasteiger partial charge in [-0.2, -0.15) is 0 Å². The van der Waals surface area contributed by atoms with Crippen LogP contribution in [0.2, 0.25) is 0 Å². The minimum absolute atomic E-state index is 0.0305. The lowest BCUT2D eigenvalue weighted by Crippen LogP contribution is -2.09. The molecule has 2 aromatic rings. The fourth-order valence-electron chi connectivity index (χ4n) is 2.20. The molecule has 1 unspecified atom stereocenters. The summed E-state index contributed by atoms with van der Waals surface area (Å²) < 4.78 is 24.1. The minimum atomic E-state index is -0.370. The lowest BCUT2D eigenvalue weighted by molar-refractivity contribution is 0.335. The van der Waals surface area contributed by atoms with Gasteiger partial charge in [0.1, 0.15) is 5.75 Å². The van der Waals surface area contributed by atoms with Gasteiger partial charge in [-0.25, -0.2) is 4.39 Å². The molecule has 2 rings (SSSR count). The highest BCUT2D eigenvalue weighted by Gasteiger charge is 2.12. The molecule has 1 atom stereocenters. The summed E-state index contributed by atoms with van der Waals surface area (Å²) >= 11 is 0. The number of rotatable bonds is 6. The van der Waals surface area contributed by atoms with E-state index in [2.05, 4.69) is 5.32 Å². The maximum Gasteiger partial charge on any atom is 0.165 e. The quantitative estimate of drug-likeness (QED) is 0.854. The minimum Gasteiger partial charge on any atom is -0.494 e. The molecule has 0 aliphatic rings. The van der Waals surface area contributed by atoms with E-state index in [0.717, 1.165) is 17.0 Å². The summed E-state index contributed by atoms with van der Waals surface area (Å²) in [5.74, 6) is 0.713. The number of hydrogen-bond donors (Lipinski definition) is 1. The van der Waals surface area contributed by atoms with Crippen molar-refractivity contribution in [2.75, 3.05) is 19.0 Å². The van der Waals surface area contributed by atoms with Gasteiger partial charge in [-0.05, 0) is 32.0 Å². The van der Waals surface area contributed by atoms with Crippen molar-refractivity contribution in [3.05, 3.63) is 53.8 Å². The summed E-state index contributed by atoms with van der Waals surface area (Å²) in [5.41, 5.74) is 1.86. The molecule has 0 heterocycles. The maximum atomic E-state index is 13.4. The van der Waals surface area contributed by atoms with Gasteiger partial charge in [0.2, 0.25) is 0 Å². The normalized spacial score (nSPS) is 11.8. The van der Waals surface area contributed by atoms with E-state index in [1.165, 1.54) is 13.2 Å². The Bertz CT molecular complexity index is 601. The maximum absolute atomic E-state index is 13.4. The molecular formula is C17H20FNO2. The molecule has 0 spiro atoms. The van der Waals surface area contributed by atoms with Crippen molar-refractivity contribution >= 4 is 5.69 Å². The standard InChI is InChI=1S/C17H20FNO2/c1-4-21-16-8-6-5-7-14(16)12(2)19-13-9-10-15(18)17(11-13)20-3/h5-12,19H,4H2,1-3H3. The summed E-state index contributed by atoms with van der Waals surface area (Å²) in [6.07, 6.45) is 0. The Labute approximate surface area is 124 Å². The van der Waals surface area contributed by atoms with Crippen LogP contribution in [-0.2, 0) is 0 Å². The highest BCUT2D eigenvalue weighted by molar-refractivity contribution is 5.51. The van der Waals surface area contributed by atoms with Crippen LogP contribution in [0, 0.1) is 5.82 Å². The molecular weight excluding hydrogens is 269 g/mol. The van der Waals surface area contributed by atoms with E-state index < -0.39 is 0 Å². The van der Waals surface area contributed by atoms with Crippen LogP contribution < -0.4 is 14.8 Å². The van der Waals surface area contributed by atoms with Crippen LogP contribution in [0.4, 0.5) is 10.1 Å². The molecule has 0 saturated heterocycles. The average Bonchev–Trinajstić information content (AvgIpc) is 2.50. The SMILES string of the molecule is CCOc1ccccc1C(C)Nc1ccc(F)c(OC)c1. The second kappa shape index (κ2) is 6.97. The van der Waals surface area contributed by atoms with Crippen LogP contribution in [0.1, 0.15) is 25.5 Å². The van der Waals surface area contributed by atoms with Crippen LogP contribution in [0.25, 0.3) is 0 Å². The van der Waals surface area contributed by atoms with Gasteiger partial charge in [0.05, 0.1) is 19.8 Å². The van der Waals surface area contributed by atoms with Crippen LogP contribution in [0.5, 0.6) is 11.5 Å². The summed E-state index contributed by atoms with van der Waals surface area (Å²) in [5, 5.41) is 3.33. The van der Waals surface area contributed by atoms with Crippen LogP contribution in [-0.4, -0.2) is 13.7 Å². The van der Waals surface area contributed by atoms with Gasteiger partial charge in [-0.15, -0.1) is 0 Å². The highest BCUT2D eigenvalue weighted by atomic mass is 19.1. The number of nitrogens with one attached hydrogen (secondary N) is 1. The first-order chi connectivity index (χ1) is 10.2. The molecule has 21 heavy (non-hydrogen) atoms. The zero-order valence-corrected chi connectivity index (χ0v) is 12.5. The van der Waals surface area contributed by atoms with E-state index in [1.807, 2.05) is 38.1 Å². The molecule has 2 aromatic carbocycles. The van der Waals surface area contributed by atoms with Crippen molar-refractivity contribution in [3.63, 3.8) is 0 Å². The second-order valence-corrected chi connectivity index (χ2v) is 4.69. The Kier molecular flexibility index (Phi) is 5.04. The number of ether oxygens (including phenoxy) is 2. The number of benzene rings is 2. The summed E-state index contributed by atoms with van der Waals surface area (Å²) in [7, 11) is 1.45. The van der Waals surface area contributed by atoms with Gasteiger partial charge >= 0.3 is 0 Å². The van der Waals surface area contributed by atoms with E-state index >= 15 is 0 Å². The molecule has 1 N–H and O–H groups in total. The van der Waals surface area contributed by atoms with Crippen molar-refractivity contribution in [1.29, 1.82) is 0 Å². The Morgan fingerprint density at radius 1 is 1.14 bits per heavy atom. The molecule has 0 bridgehead atoms. The van der Waals surface area contributed by atoms with Crippen molar-refractivity contribution in [1.82, 2.24) is 0 Å². The van der Waals surface area contributed by atoms with Crippen LogP contribution in [0.3, 0.4) is 0 Å². The van der Waals surface area contributed by atoms with E-state index in [4.69, 9.17) is 9.47 Å². The number of halogens is 1. The smallest absolute Gasteiger partial charge is 0.165 e. The first-order valence-corrected chi connectivity index (χ1v) is 6.97. The van der Waals surface area contributed by atoms with Gasteiger partial charge in [-0.1, -0.05) is 18.2 Å². The lowest BCUT2D eigenvalue weighted by atomic mass is 10.1. The third-order valence-electron chi connectivity index (χ3n) is 3.22. The first kappa shape index (κ1) is 15.2. The molecule has 0 saturated carbocycles. The van der Waals surface area contributed by atoms with Gasteiger partial charge < -0.3 is 14.8 Å². The van der Waals surface area contributed by atoms with Gasteiger partial charge in [0.15, 0.2) is 11.6 Å². The van der Waals surface area contributed by atoms with Crippen molar-refractivity contribution in [3.8, 4) is 11.5 Å². The highest BCUT2D eigenvalue weighted by Crippen LogP contribution is 2.29. The van der Waals surface area contributed by atoms with E-state index in [9.17, 15) is 4.39 Å². The average molecular weight is 289 g/mol. The number of anilines is 1. The zero-order valence-electron chi connectivity index (χ0n) is 12.5. The molecule has 0 aromatic heterocycles. The van der Waals surface area contributed by atoms with Crippen molar-refractivity contribution in [2.45, 2.75) is 19.9 Å². The summed E-state index contributed by atoms with van der Waals surface area (Å²) in [6.45, 7) is 4.61. The van der Waals surface area contributed by atoms with Crippen LogP contribution >= 0.6 is 0 Å². The van der Waals surface area contributed by atoms with Crippen molar-refractivity contribution in [2.24, 2.45) is 0 Å². The summed E-state index contributed by atoms with van der Waals surface area (Å²) in [6, 6.07) is 12.6. The molecule has 0 amide bonds. The lowest BCUT2D eigenvalue weighted by Gasteiger charge is -2.19. The third-order valence-corrected chi connectivity index (χ3v) is 3.22. The molecule has 0 aliphatic carbocycles. The Morgan fingerprint density at radius 3 is 2.62 bits per heavy atom. The molecule has 0 radical (unpaired) electrons. The van der Waals surface area contributed by atoms with E-state index in [-0.39, 0.29) is 17.6 Å². The molecule has 0 aliphatic heterocycles. The predicted octanol–water partition coefficient (Wildman–Crippen LogP) is 4.41. The van der Waals surface area contributed by atoms with Gasteiger partial charge in [0, 0.05) is 17.3 Å². The predicted molar refractivity (Wildman–Crippen MR) is 82.6 cm³/mol. The van der Waals surface area contributed by atoms with E-state index in [1.54, 1.807) is 12.1 Å². The zero-order chi connectivity index (χ0) is 15.2. The topological polar surface area (TPSA) is 30.5 Å². The van der Waals surface area contributed by atoms with Gasteiger partial charge in [0.25, 0.3) is 0 Å². The van der Waals surface area contributed by atoms with Crippen molar-refractivity contribution < 1.29 is 13.9 Å².